The summed E-state index contributed by atoms with van der Waals surface area (Å²) in [6.45, 7) is 8.28. The van der Waals surface area contributed by atoms with E-state index in [1.165, 1.54) is 0 Å². The van der Waals surface area contributed by atoms with Crippen LogP contribution < -0.4 is 5.73 Å². The molecule has 1 rings (SSSR count). The topological polar surface area (TPSA) is 46.3 Å². The number of amides is 1. The molecule has 0 aromatic heterocycles. The van der Waals surface area contributed by atoms with Crippen LogP contribution in [-0.4, -0.2) is 30.4 Å². The first-order valence-corrected chi connectivity index (χ1v) is 7.44. The molecule has 0 radical (unpaired) electrons. The van der Waals surface area contributed by atoms with Gasteiger partial charge in [-0.1, -0.05) is 36.7 Å². The Kier molecular flexibility index (Phi) is 6.01. The van der Waals surface area contributed by atoms with Crippen molar-refractivity contribution in [2.75, 3.05) is 19.6 Å². The normalized spacial score (nSPS) is 11.4. The third-order valence-electron chi connectivity index (χ3n) is 3.04. The van der Waals surface area contributed by atoms with Gasteiger partial charge in [-0.25, -0.2) is 0 Å². The molecule has 4 heteroatoms. The Morgan fingerprint density at radius 3 is 2.37 bits per heavy atom. The number of benzene rings is 1. The lowest BCUT2D eigenvalue weighted by atomic mass is 9.92. The minimum atomic E-state index is -0.0554. The molecular weight excluding hydrogens is 304 g/mol. The van der Waals surface area contributed by atoms with Crippen LogP contribution in [0.25, 0.3) is 0 Å². The van der Waals surface area contributed by atoms with Crippen molar-refractivity contribution in [2.45, 2.75) is 27.2 Å². The van der Waals surface area contributed by atoms with Crippen LogP contribution in [0.15, 0.2) is 28.7 Å². The molecule has 3 nitrogen and oxygen atoms in total. The quantitative estimate of drug-likeness (QED) is 0.871. The second-order valence-electron chi connectivity index (χ2n) is 5.60. The van der Waals surface area contributed by atoms with E-state index in [1.807, 2.05) is 29.2 Å². The number of carbonyl (C=O) groups excluding carboxylic acids is 1. The van der Waals surface area contributed by atoms with Gasteiger partial charge >= 0.3 is 0 Å². The molecule has 0 fully saturated rings. The molecule has 2 N–H and O–H groups in total. The lowest BCUT2D eigenvalue weighted by Crippen LogP contribution is -2.42. The van der Waals surface area contributed by atoms with E-state index in [0.717, 1.165) is 23.0 Å². The minimum Gasteiger partial charge on any atom is -0.338 e. The molecule has 0 aliphatic rings. The molecule has 0 unspecified atom stereocenters. The van der Waals surface area contributed by atoms with Crippen molar-refractivity contribution >= 4 is 21.8 Å². The highest BCUT2D eigenvalue weighted by Gasteiger charge is 2.23. The number of nitrogens with zero attached hydrogens (tertiary/aromatic N) is 1. The summed E-state index contributed by atoms with van der Waals surface area (Å²) in [7, 11) is 0. The Bertz CT molecular complexity index is 415. The highest BCUT2D eigenvalue weighted by molar-refractivity contribution is 9.10. The summed E-state index contributed by atoms with van der Waals surface area (Å²) in [5.41, 5.74) is 6.44. The van der Waals surface area contributed by atoms with Crippen molar-refractivity contribution in [3.63, 3.8) is 0 Å². The Labute approximate surface area is 124 Å². The molecule has 106 valence electrons. The van der Waals surface area contributed by atoms with Gasteiger partial charge in [-0.2, -0.15) is 0 Å². The van der Waals surface area contributed by atoms with Crippen LogP contribution in [-0.2, 0) is 0 Å². The SMILES string of the molecule is CCCN(CC(C)(C)CN)C(=O)c1ccc(Br)cc1. The predicted molar refractivity (Wildman–Crippen MR) is 83.2 cm³/mol. The van der Waals surface area contributed by atoms with Gasteiger partial charge in [-0.15, -0.1) is 0 Å². The van der Waals surface area contributed by atoms with Gasteiger partial charge in [0, 0.05) is 23.1 Å². The van der Waals surface area contributed by atoms with Gasteiger partial charge in [0.2, 0.25) is 0 Å². The zero-order chi connectivity index (χ0) is 14.5. The van der Waals surface area contributed by atoms with Gasteiger partial charge in [0.15, 0.2) is 0 Å². The van der Waals surface area contributed by atoms with Gasteiger partial charge in [0.05, 0.1) is 0 Å². The number of hydrogen-bond donors (Lipinski definition) is 1. The highest BCUT2D eigenvalue weighted by Crippen LogP contribution is 2.18. The zero-order valence-electron chi connectivity index (χ0n) is 11.9. The molecule has 0 saturated heterocycles. The second-order valence-corrected chi connectivity index (χ2v) is 6.52. The molecule has 0 aliphatic carbocycles. The first kappa shape index (κ1) is 16.2. The van der Waals surface area contributed by atoms with Crippen molar-refractivity contribution < 1.29 is 4.79 Å². The standard InChI is InChI=1S/C15H23BrN2O/c1-4-9-18(11-15(2,3)10-17)14(19)12-5-7-13(16)8-6-12/h5-8H,4,9-11,17H2,1-3H3. The summed E-state index contributed by atoms with van der Waals surface area (Å²) >= 11 is 3.38. The number of rotatable bonds is 6. The summed E-state index contributed by atoms with van der Waals surface area (Å²) in [5, 5.41) is 0. The largest absolute Gasteiger partial charge is 0.338 e. The van der Waals surface area contributed by atoms with Crippen molar-refractivity contribution in [3.05, 3.63) is 34.3 Å². The fourth-order valence-corrected chi connectivity index (χ4v) is 2.14. The highest BCUT2D eigenvalue weighted by atomic mass is 79.9. The van der Waals surface area contributed by atoms with Crippen LogP contribution in [0.3, 0.4) is 0 Å². The predicted octanol–water partition coefficient (Wildman–Crippen LogP) is 3.29. The van der Waals surface area contributed by atoms with Crippen LogP contribution in [0.4, 0.5) is 0 Å². The molecule has 0 spiro atoms. The van der Waals surface area contributed by atoms with Gasteiger partial charge in [-0.3, -0.25) is 4.79 Å². The fourth-order valence-electron chi connectivity index (χ4n) is 1.88. The molecular formula is C15H23BrN2O. The van der Waals surface area contributed by atoms with Crippen molar-refractivity contribution in [3.8, 4) is 0 Å². The zero-order valence-corrected chi connectivity index (χ0v) is 13.5. The summed E-state index contributed by atoms with van der Waals surface area (Å²) in [6.07, 6.45) is 0.947. The molecule has 0 atom stereocenters. The smallest absolute Gasteiger partial charge is 0.253 e. The van der Waals surface area contributed by atoms with Crippen LogP contribution in [0.1, 0.15) is 37.6 Å². The molecule has 1 amide bonds. The average Bonchev–Trinajstić information content (AvgIpc) is 2.38. The number of halogens is 1. The molecule has 1 aromatic rings. The number of carbonyl (C=O) groups is 1. The van der Waals surface area contributed by atoms with Gasteiger partial charge in [0.25, 0.3) is 5.91 Å². The summed E-state index contributed by atoms with van der Waals surface area (Å²) < 4.78 is 0.980. The molecule has 0 saturated carbocycles. The lowest BCUT2D eigenvalue weighted by Gasteiger charge is -2.31. The van der Waals surface area contributed by atoms with Gasteiger partial charge in [0.1, 0.15) is 0 Å². The molecule has 0 bridgehead atoms. The molecule has 0 aliphatic heterocycles. The monoisotopic (exact) mass is 326 g/mol. The Balaban J connectivity index is 2.86. The van der Waals surface area contributed by atoms with E-state index in [1.54, 1.807) is 0 Å². The molecule has 1 aromatic carbocycles. The van der Waals surface area contributed by atoms with E-state index in [-0.39, 0.29) is 11.3 Å². The Hall–Kier alpha value is -0.870. The third-order valence-corrected chi connectivity index (χ3v) is 3.57. The Morgan fingerprint density at radius 1 is 1.32 bits per heavy atom. The fraction of sp³-hybridized carbons (Fsp3) is 0.533. The van der Waals surface area contributed by atoms with Crippen LogP contribution in [0.2, 0.25) is 0 Å². The number of hydrogen-bond acceptors (Lipinski definition) is 2. The average molecular weight is 327 g/mol. The van der Waals surface area contributed by atoms with E-state index in [0.29, 0.717) is 13.1 Å². The van der Waals surface area contributed by atoms with Crippen molar-refractivity contribution in [2.24, 2.45) is 11.1 Å². The Morgan fingerprint density at radius 2 is 1.89 bits per heavy atom. The first-order valence-electron chi connectivity index (χ1n) is 6.64. The first-order chi connectivity index (χ1) is 8.89. The second kappa shape index (κ2) is 7.06. The van der Waals surface area contributed by atoms with Crippen LogP contribution in [0.5, 0.6) is 0 Å². The van der Waals surface area contributed by atoms with E-state index in [2.05, 4.69) is 36.7 Å². The number of nitrogens with two attached hydrogens (primary N) is 1. The van der Waals surface area contributed by atoms with E-state index in [4.69, 9.17) is 5.73 Å². The van der Waals surface area contributed by atoms with Gasteiger partial charge in [-0.05, 0) is 42.6 Å². The maximum Gasteiger partial charge on any atom is 0.253 e. The van der Waals surface area contributed by atoms with E-state index >= 15 is 0 Å². The molecule has 0 heterocycles. The molecule has 19 heavy (non-hydrogen) atoms. The maximum atomic E-state index is 12.5. The van der Waals surface area contributed by atoms with Crippen LogP contribution in [0, 0.1) is 5.41 Å². The summed E-state index contributed by atoms with van der Waals surface area (Å²) in [6, 6.07) is 7.49. The van der Waals surface area contributed by atoms with Gasteiger partial charge < -0.3 is 10.6 Å². The van der Waals surface area contributed by atoms with Crippen molar-refractivity contribution in [1.82, 2.24) is 4.90 Å². The minimum absolute atomic E-state index is 0.0554. The van der Waals surface area contributed by atoms with E-state index in [9.17, 15) is 4.79 Å². The lowest BCUT2D eigenvalue weighted by molar-refractivity contribution is 0.0689. The van der Waals surface area contributed by atoms with E-state index < -0.39 is 0 Å². The third kappa shape index (κ3) is 4.96. The van der Waals surface area contributed by atoms with Crippen molar-refractivity contribution in [1.29, 1.82) is 0 Å². The summed E-state index contributed by atoms with van der Waals surface area (Å²) in [4.78, 5) is 14.4. The maximum absolute atomic E-state index is 12.5. The summed E-state index contributed by atoms with van der Waals surface area (Å²) in [5.74, 6) is 0.0795. The van der Waals surface area contributed by atoms with Crippen LogP contribution >= 0.6 is 15.9 Å².